The van der Waals surface area contributed by atoms with E-state index in [-0.39, 0.29) is 22.8 Å². The number of aromatic hydroxyl groups is 2. The summed E-state index contributed by atoms with van der Waals surface area (Å²) in [5.74, 6) is 0.207. The quantitative estimate of drug-likeness (QED) is 0.518. The van der Waals surface area contributed by atoms with Crippen LogP contribution in [-0.4, -0.2) is 27.8 Å². The smallest absolute Gasteiger partial charge is 0.161 e. The van der Waals surface area contributed by atoms with Crippen LogP contribution in [-0.2, 0) is 12.8 Å². The third-order valence-corrected chi connectivity index (χ3v) is 7.18. The van der Waals surface area contributed by atoms with Crippen LogP contribution in [0.15, 0.2) is 36.4 Å². The molecule has 1 aliphatic heterocycles. The van der Waals surface area contributed by atoms with Gasteiger partial charge in [-0.1, -0.05) is 31.2 Å². The summed E-state index contributed by atoms with van der Waals surface area (Å²) in [5.41, 5.74) is 5.82. The molecule has 4 N–H and O–H groups in total. The molecule has 3 unspecified atom stereocenters. The van der Waals surface area contributed by atoms with Gasteiger partial charge in [-0.3, -0.25) is 0 Å². The number of nitrogens with one attached hydrogen (secondary N) is 2. The van der Waals surface area contributed by atoms with Crippen LogP contribution in [0.1, 0.15) is 41.6 Å². The van der Waals surface area contributed by atoms with Gasteiger partial charge in [0.15, 0.2) is 11.5 Å². The third-order valence-electron chi connectivity index (χ3n) is 7.18. The highest BCUT2D eigenvalue weighted by Crippen LogP contribution is 2.55. The van der Waals surface area contributed by atoms with Crippen molar-refractivity contribution >= 4 is 10.9 Å². The Morgan fingerprint density at radius 1 is 1.15 bits per heavy atom. The summed E-state index contributed by atoms with van der Waals surface area (Å²) in [5, 5.41) is 25.9. The number of phenolic OH excluding ortho intramolecular Hbond substituents is 2. The summed E-state index contributed by atoms with van der Waals surface area (Å²) in [7, 11) is 0. The average molecular weight is 362 g/mol. The van der Waals surface area contributed by atoms with Gasteiger partial charge in [0, 0.05) is 34.1 Å². The summed E-state index contributed by atoms with van der Waals surface area (Å²) >= 11 is 0. The van der Waals surface area contributed by atoms with Crippen molar-refractivity contribution in [2.45, 2.75) is 45.1 Å². The van der Waals surface area contributed by atoms with E-state index in [9.17, 15) is 10.2 Å². The molecule has 0 spiro atoms. The number of H-pyrrole nitrogens is 1. The van der Waals surface area contributed by atoms with Crippen LogP contribution in [0.3, 0.4) is 0 Å². The van der Waals surface area contributed by atoms with Crippen LogP contribution >= 0.6 is 0 Å². The van der Waals surface area contributed by atoms with Crippen LogP contribution in [0.5, 0.6) is 11.5 Å². The Kier molecular flexibility index (Phi) is 3.57. The summed E-state index contributed by atoms with van der Waals surface area (Å²) in [6.07, 6.45) is 2.82. The van der Waals surface area contributed by atoms with E-state index in [1.807, 2.05) is 6.07 Å². The molecule has 2 aromatic carbocycles. The average Bonchev–Trinajstić information content (AvgIpc) is 3.19. The molecule has 3 atom stereocenters. The molecule has 1 fully saturated rings. The first-order chi connectivity index (χ1) is 13.0. The number of hydrogen-bond donors (Lipinski definition) is 4. The molecule has 0 saturated carbocycles. The molecular formula is C23H26N2O2. The SMILES string of the molecule is Cc1c(CC2c3c(ccc(O)c3O)CC3NCCC32C)[nH]c2ccccc12. The number of benzene rings is 2. The zero-order valence-electron chi connectivity index (χ0n) is 15.8. The normalized spacial score (nSPS) is 26.9. The molecule has 1 aromatic heterocycles. The van der Waals surface area contributed by atoms with Gasteiger partial charge in [-0.2, -0.15) is 0 Å². The molecule has 3 aromatic rings. The van der Waals surface area contributed by atoms with Gasteiger partial charge < -0.3 is 20.5 Å². The molecule has 27 heavy (non-hydrogen) atoms. The number of aryl methyl sites for hydroxylation is 1. The predicted octanol–water partition coefficient (Wildman–Crippen LogP) is 4.14. The van der Waals surface area contributed by atoms with E-state index in [0.717, 1.165) is 42.5 Å². The van der Waals surface area contributed by atoms with Crippen LogP contribution < -0.4 is 5.32 Å². The standard InChI is InChI=1S/C23H26N2O2/c1-13-15-5-3-4-6-17(15)25-18(13)12-16-21-14(7-8-19(26)22(21)27)11-20-23(16,2)9-10-24-20/h3-8,16,20,24-27H,9-12H2,1-2H3. The summed E-state index contributed by atoms with van der Waals surface area (Å²) in [4.78, 5) is 3.61. The minimum atomic E-state index is -0.0138. The highest BCUT2D eigenvalue weighted by atomic mass is 16.3. The number of rotatable bonds is 2. The molecule has 1 aliphatic carbocycles. The maximum absolute atomic E-state index is 10.8. The summed E-state index contributed by atoms with van der Waals surface area (Å²) < 4.78 is 0. The molecule has 2 aliphatic rings. The Hall–Kier alpha value is -2.46. The molecule has 0 radical (unpaired) electrons. The fourth-order valence-electron chi connectivity index (χ4n) is 5.48. The van der Waals surface area contributed by atoms with E-state index in [4.69, 9.17) is 0 Å². The van der Waals surface area contributed by atoms with E-state index >= 15 is 0 Å². The molecule has 0 bridgehead atoms. The van der Waals surface area contributed by atoms with Gasteiger partial charge in [0.1, 0.15) is 0 Å². The van der Waals surface area contributed by atoms with E-state index in [0.29, 0.717) is 6.04 Å². The van der Waals surface area contributed by atoms with Crippen LogP contribution in [0.2, 0.25) is 0 Å². The molecule has 2 heterocycles. The van der Waals surface area contributed by atoms with Gasteiger partial charge in [-0.25, -0.2) is 0 Å². The second-order valence-corrected chi connectivity index (χ2v) is 8.50. The monoisotopic (exact) mass is 362 g/mol. The van der Waals surface area contributed by atoms with Crippen LogP contribution in [0.4, 0.5) is 0 Å². The van der Waals surface area contributed by atoms with Crippen molar-refractivity contribution in [1.29, 1.82) is 0 Å². The number of phenols is 2. The first kappa shape index (κ1) is 16.7. The second kappa shape index (κ2) is 5.77. The summed E-state index contributed by atoms with van der Waals surface area (Å²) in [6, 6.07) is 12.4. The molecule has 140 valence electrons. The number of aromatic nitrogens is 1. The van der Waals surface area contributed by atoms with Gasteiger partial charge in [0.05, 0.1) is 0 Å². The van der Waals surface area contributed by atoms with E-state index < -0.39 is 0 Å². The molecule has 4 nitrogen and oxygen atoms in total. The molecule has 1 saturated heterocycles. The van der Waals surface area contributed by atoms with Crippen molar-refractivity contribution in [1.82, 2.24) is 10.3 Å². The topological polar surface area (TPSA) is 68.3 Å². The van der Waals surface area contributed by atoms with Crippen molar-refractivity contribution in [2.24, 2.45) is 5.41 Å². The van der Waals surface area contributed by atoms with E-state index in [2.05, 4.69) is 48.4 Å². The van der Waals surface area contributed by atoms with Crippen molar-refractivity contribution in [3.63, 3.8) is 0 Å². The first-order valence-corrected chi connectivity index (χ1v) is 9.82. The Labute approximate surface area is 159 Å². The van der Waals surface area contributed by atoms with Crippen molar-refractivity contribution < 1.29 is 10.2 Å². The van der Waals surface area contributed by atoms with Gasteiger partial charge in [-0.05, 0) is 61.4 Å². The lowest BCUT2D eigenvalue weighted by molar-refractivity contribution is 0.193. The lowest BCUT2D eigenvalue weighted by Crippen LogP contribution is -2.45. The molecule has 0 amide bonds. The lowest BCUT2D eigenvalue weighted by atomic mass is 9.60. The largest absolute Gasteiger partial charge is 0.504 e. The van der Waals surface area contributed by atoms with E-state index in [1.165, 1.54) is 16.6 Å². The van der Waals surface area contributed by atoms with Gasteiger partial charge in [0.2, 0.25) is 0 Å². The Balaban J connectivity index is 1.66. The first-order valence-electron chi connectivity index (χ1n) is 9.82. The van der Waals surface area contributed by atoms with E-state index in [1.54, 1.807) is 6.07 Å². The van der Waals surface area contributed by atoms with Gasteiger partial charge in [0.25, 0.3) is 0 Å². The zero-order valence-corrected chi connectivity index (χ0v) is 15.8. The van der Waals surface area contributed by atoms with Crippen LogP contribution in [0.25, 0.3) is 10.9 Å². The minimum Gasteiger partial charge on any atom is -0.504 e. The number of fused-ring (bicyclic) bond motifs is 3. The third kappa shape index (κ3) is 2.32. The highest BCUT2D eigenvalue weighted by Gasteiger charge is 2.50. The number of hydrogen-bond acceptors (Lipinski definition) is 3. The Bertz CT molecular complexity index is 1040. The Morgan fingerprint density at radius 2 is 1.96 bits per heavy atom. The van der Waals surface area contributed by atoms with Gasteiger partial charge >= 0.3 is 0 Å². The maximum Gasteiger partial charge on any atom is 0.161 e. The summed E-state index contributed by atoms with van der Waals surface area (Å²) in [6.45, 7) is 5.52. The molecule has 5 rings (SSSR count). The number of para-hydroxylation sites is 1. The van der Waals surface area contributed by atoms with Crippen molar-refractivity contribution in [2.75, 3.05) is 6.54 Å². The molecule has 4 heteroatoms. The fraction of sp³-hybridized carbons (Fsp3) is 0.391. The lowest BCUT2D eigenvalue weighted by Gasteiger charge is -2.44. The minimum absolute atomic E-state index is 0.0138. The highest BCUT2D eigenvalue weighted by molar-refractivity contribution is 5.84. The zero-order chi connectivity index (χ0) is 18.8. The van der Waals surface area contributed by atoms with Gasteiger partial charge in [-0.15, -0.1) is 0 Å². The fourth-order valence-corrected chi connectivity index (χ4v) is 5.48. The second-order valence-electron chi connectivity index (χ2n) is 8.50. The van der Waals surface area contributed by atoms with Crippen molar-refractivity contribution in [3.05, 3.63) is 58.8 Å². The van der Waals surface area contributed by atoms with Crippen LogP contribution in [0, 0.1) is 12.3 Å². The molecular weight excluding hydrogens is 336 g/mol. The van der Waals surface area contributed by atoms with Crippen molar-refractivity contribution in [3.8, 4) is 11.5 Å². The Morgan fingerprint density at radius 3 is 2.78 bits per heavy atom. The number of aromatic amines is 1. The predicted molar refractivity (Wildman–Crippen MR) is 107 cm³/mol. The maximum atomic E-state index is 10.8.